The first-order valence-corrected chi connectivity index (χ1v) is 8.94. The molecule has 1 unspecified atom stereocenters. The molecule has 0 saturated carbocycles. The Morgan fingerprint density at radius 3 is 2.67 bits per heavy atom. The number of benzene rings is 1. The molecule has 1 aliphatic rings. The van der Waals surface area contributed by atoms with E-state index in [1.807, 2.05) is 11.3 Å². The van der Waals surface area contributed by atoms with Gasteiger partial charge in [0.25, 0.3) is 0 Å². The summed E-state index contributed by atoms with van der Waals surface area (Å²) in [5.41, 5.74) is 4.09. The minimum Gasteiger partial charge on any atom is -0.304 e. The fraction of sp³-hybridized carbons (Fsp3) is 0.500. The minimum absolute atomic E-state index is 0.256. The molecule has 1 aromatic carbocycles. The normalized spacial score (nSPS) is 15.1. The maximum Gasteiger partial charge on any atom is 0.115 e. The highest BCUT2D eigenvalue weighted by molar-refractivity contribution is 7.11. The molecule has 0 aliphatic heterocycles. The van der Waals surface area contributed by atoms with Crippen LogP contribution in [0.2, 0.25) is 0 Å². The van der Waals surface area contributed by atoms with Crippen LogP contribution in [0.25, 0.3) is 0 Å². The standard InChI is InChI=1S/C18H24N2S/c1-3-12-19-17(14-10-8-13(4-2)9-11-14)18-20-15-6-5-7-16(15)21-18/h8-11,17,19H,3-7,12H2,1-2H3. The lowest BCUT2D eigenvalue weighted by atomic mass is 10.0. The van der Waals surface area contributed by atoms with Crippen molar-refractivity contribution in [3.8, 4) is 0 Å². The zero-order valence-corrected chi connectivity index (χ0v) is 13.8. The van der Waals surface area contributed by atoms with Gasteiger partial charge in [0.05, 0.1) is 11.7 Å². The van der Waals surface area contributed by atoms with Crippen LogP contribution >= 0.6 is 11.3 Å². The lowest BCUT2D eigenvalue weighted by Gasteiger charge is -2.17. The Labute approximate surface area is 131 Å². The van der Waals surface area contributed by atoms with Gasteiger partial charge in [0.1, 0.15) is 5.01 Å². The van der Waals surface area contributed by atoms with Gasteiger partial charge in [-0.25, -0.2) is 4.98 Å². The van der Waals surface area contributed by atoms with Gasteiger partial charge in [-0.1, -0.05) is 38.1 Å². The lowest BCUT2D eigenvalue weighted by Crippen LogP contribution is -2.23. The maximum atomic E-state index is 4.92. The first kappa shape index (κ1) is 14.7. The van der Waals surface area contributed by atoms with Gasteiger partial charge in [-0.3, -0.25) is 0 Å². The SMILES string of the molecule is CCCNC(c1ccc(CC)cc1)c1nc2c(s1)CCC2. The molecule has 1 atom stereocenters. The molecule has 0 spiro atoms. The van der Waals surface area contributed by atoms with E-state index >= 15 is 0 Å². The van der Waals surface area contributed by atoms with Gasteiger partial charge in [0.2, 0.25) is 0 Å². The highest BCUT2D eigenvalue weighted by Crippen LogP contribution is 2.33. The molecule has 3 rings (SSSR count). The highest BCUT2D eigenvalue weighted by Gasteiger charge is 2.22. The Bertz CT molecular complexity index is 564. The van der Waals surface area contributed by atoms with Gasteiger partial charge in [0.15, 0.2) is 0 Å². The second kappa shape index (κ2) is 6.71. The molecule has 1 heterocycles. The van der Waals surface area contributed by atoms with Gasteiger partial charge < -0.3 is 5.32 Å². The molecule has 0 amide bonds. The van der Waals surface area contributed by atoms with E-state index in [1.54, 1.807) is 0 Å². The van der Waals surface area contributed by atoms with E-state index in [1.165, 1.54) is 46.0 Å². The van der Waals surface area contributed by atoms with Crippen LogP contribution in [0.1, 0.15) is 59.4 Å². The number of thiazole rings is 1. The van der Waals surface area contributed by atoms with Crippen molar-refractivity contribution in [2.24, 2.45) is 0 Å². The Balaban J connectivity index is 1.88. The molecule has 21 heavy (non-hydrogen) atoms. The maximum absolute atomic E-state index is 4.92. The molecule has 0 radical (unpaired) electrons. The van der Waals surface area contributed by atoms with Crippen LogP contribution in [0.3, 0.4) is 0 Å². The Kier molecular flexibility index (Phi) is 4.71. The third-order valence-corrected chi connectivity index (χ3v) is 5.40. The summed E-state index contributed by atoms with van der Waals surface area (Å²) in [6.45, 7) is 5.45. The number of fused-ring (bicyclic) bond motifs is 1. The molecule has 0 bridgehead atoms. The first-order chi connectivity index (χ1) is 10.3. The third-order valence-electron chi connectivity index (χ3n) is 4.18. The zero-order valence-electron chi connectivity index (χ0n) is 13.0. The number of nitrogens with one attached hydrogen (secondary N) is 1. The van der Waals surface area contributed by atoms with Crippen molar-refractivity contribution in [2.45, 2.75) is 52.0 Å². The number of aromatic nitrogens is 1. The van der Waals surface area contributed by atoms with Gasteiger partial charge >= 0.3 is 0 Å². The summed E-state index contributed by atoms with van der Waals surface area (Å²) < 4.78 is 0. The largest absolute Gasteiger partial charge is 0.304 e. The van der Waals surface area contributed by atoms with E-state index in [-0.39, 0.29) is 6.04 Å². The van der Waals surface area contributed by atoms with Crippen molar-refractivity contribution in [3.63, 3.8) is 0 Å². The summed E-state index contributed by atoms with van der Waals surface area (Å²) in [7, 11) is 0. The molecule has 112 valence electrons. The summed E-state index contributed by atoms with van der Waals surface area (Å²) in [4.78, 5) is 6.43. The van der Waals surface area contributed by atoms with Crippen LogP contribution < -0.4 is 5.32 Å². The average molecular weight is 300 g/mol. The molecule has 0 fully saturated rings. The summed E-state index contributed by atoms with van der Waals surface area (Å²) in [6.07, 6.45) is 5.92. The van der Waals surface area contributed by atoms with E-state index in [9.17, 15) is 0 Å². The van der Waals surface area contributed by atoms with E-state index in [2.05, 4.69) is 43.4 Å². The summed E-state index contributed by atoms with van der Waals surface area (Å²) in [5.74, 6) is 0. The van der Waals surface area contributed by atoms with Crippen LogP contribution in [0.5, 0.6) is 0 Å². The Hall–Kier alpha value is -1.19. The predicted molar refractivity (Wildman–Crippen MR) is 90.1 cm³/mol. The topological polar surface area (TPSA) is 24.9 Å². The molecule has 1 aliphatic carbocycles. The summed E-state index contributed by atoms with van der Waals surface area (Å²) in [5, 5.41) is 4.92. The molecule has 0 saturated heterocycles. The van der Waals surface area contributed by atoms with Gasteiger partial charge in [0, 0.05) is 4.88 Å². The summed E-state index contributed by atoms with van der Waals surface area (Å²) in [6, 6.07) is 9.28. The number of hydrogen-bond donors (Lipinski definition) is 1. The lowest BCUT2D eigenvalue weighted by molar-refractivity contribution is 0.594. The molecule has 3 heteroatoms. The van der Waals surface area contributed by atoms with E-state index in [0.29, 0.717) is 0 Å². The quantitative estimate of drug-likeness (QED) is 0.861. The molecule has 1 N–H and O–H groups in total. The molecular weight excluding hydrogens is 276 g/mol. The van der Waals surface area contributed by atoms with Crippen LogP contribution in [-0.2, 0) is 19.3 Å². The average Bonchev–Trinajstić information content (AvgIpc) is 3.10. The Morgan fingerprint density at radius 2 is 2.00 bits per heavy atom. The van der Waals surface area contributed by atoms with Crippen LogP contribution in [0.4, 0.5) is 0 Å². The molecule has 2 aromatic rings. The van der Waals surface area contributed by atoms with E-state index in [0.717, 1.165) is 19.4 Å². The monoisotopic (exact) mass is 300 g/mol. The van der Waals surface area contributed by atoms with E-state index < -0.39 is 0 Å². The van der Waals surface area contributed by atoms with Crippen molar-refractivity contribution in [1.82, 2.24) is 10.3 Å². The fourth-order valence-corrected chi connectivity index (χ4v) is 4.17. The molecular formula is C18H24N2S. The van der Waals surface area contributed by atoms with Crippen LogP contribution in [-0.4, -0.2) is 11.5 Å². The smallest absolute Gasteiger partial charge is 0.115 e. The number of nitrogens with zero attached hydrogens (tertiary/aromatic N) is 1. The highest BCUT2D eigenvalue weighted by atomic mass is 32.1. The number of rotatable bonds is 6. The second-order valence-electron chi connectivity index (χ2n) is 5.76. The van der Waals surface area contributed by atoms with Crippen LogP contribution in [0, 0.1) is 0 Å². The third kappa shape index (κ3) is 3.19. The fourth-order valence-electron chi connectivity index (χ4n) is 2.92. The van der Waals surface area contributed by atoms with Gasteiger partial charge in [-0.15, -0.1) is 11.3 Å². The van der Waals surface area contributed by atoms with Crippen LogP contribution in [0.15, 0.2) is 24.3 Å². The number of hydrogen-bond acceptors (Lipinski definition) is 3. The van der Waals surface area contributed by atoms with E-state index in [4.69, 9.17) is 4.98 Å². The van der Waals surface area contributed by atoms with Crippen molar-refractivity contribution in [2.75, 3.05) is 6.54 Å². The second-order valence-corrected chi connectivity index (χ2v) is 6.87. The van der Waals surface area contributed by atoms with Crippen molar-refractivity contribution >= 4 is 11.3 Å². The van der Waals surface area contributed by atoms with Gasteiger partial charge in [-0.2, -0.15) is 0 Å². The predicted octanol–water partition coefficient (Wildman–Crippen LogP) is 4.28. The van der Waals surface area contributed by atoms with Crippen molar-refractivity contribution in [3.05, 3.63) is 51.0 Å². The first-order valence-electron chi connectivity index (χ1n) is 8.12. The van der Waals surface area contributed by atoms with Crippen molar-refractivity contribution < 1.29 is 0 Å². The molecule has 2 nitrogen and oxygen atoms in total. The number of aryl methyl sites for hydroxylation is 3. The molecule has 1 aromatic heterocycles. The van der Waals surface area contributed by atoms with Crippen molar-refractivity contribution in [1.29, 1.82) is 0 Å². The summed E-state index contributed by atoms with van der Waals surface area (Å²) >= 11 is 1.91. The zero-order chi connectivity index (χ0) is 14.7. The van der Waals surface area contributed by atoms with Gasteiger partial charge in [-0.05, 0) is 49.8 Å². The Morgan fingerprint density at radius 1 is 1.19 bits per heavy atom. The minimum atomic E-state index is 0.256.